The average molecular weight is 351 g/mol. The van der Waals surface area contributed by atoms with Crippen molar-refractivity contribution in [3.05, 3.63) is 77.4 Å². The third-order valence-corrected chi connectivity index (χ3v) is 3.60. The molecule has 3 amide bonds. The molecule has 0 aliphatic heterocycles. The number of primary amides is 1. The highest BCUT2D eigenvalue weighted by Gasteiger charge is 2.04. The summed E-state index contributed by atoms with van der Waals surface area (Å²) < 4.78 is 0. The fraction of sp³-hybridized carbons (Fsp3) is 0.150. The minimum Gasteiger partial charge on any atom is -0.366 e. The molecule has 0 aromatic heterocycles. The Balaban J connectivity index is 1.69. The number of nitrogens with one attached hydrogen (secondary N) is 2. The molecular formula is C20H21N3O3. The molecule has 0 unspecified atom stereocenters. The Labute approximate surface area is 152 Å². The second-order valence-corrected chi connectivity index (χ2v) is 5.63. The van der Waals surface area contributed by atoms with Crippen molar-refractivity contribution in [2.75, 3.05) is 13.1 Å². The first-order valence-electron chi connectivity index (χ1n) is 8.21. The van der Waals surface area contributed by atoms with Gasteiger partial charge in [0.15, 0.2) is 0 Å². The monoisotopic (exact) mass is 351 g/mol. The van der Waals surface area contributed by atoms with Gasteiger partial charge in [-0.05, 0) is 35.8 Å². The van der Waals surface area contributed by atoms with Gasteiger partial charge in [-0.15, -0.1) is 0 Å². The van der Waals surface area contributed by atoms with Crippen LogP contribution in [0.2, 0.25) is 0 Å². The van der Waals surface area contributed by atoms with E-state index in [9.17, 15) is 14.4 Å². The highest BCUT2D eigenvalue weighted by atomic mass is 16.2. The predicted octanol–water partition coefficient (Wildman–Crippen LogP) is 1.27. The number of carbonyl (C=O) groups is 3. The van der Waals surface area contributed by atoms with Gasteiger partial charge in [-0.3, -0.25) is 14.4 Å². The fourth-order valence-electron chi connectivity index (χ4n) is 2.25. The van der Waals surface area contributed by atoms with Crippen molar-refractivity contribution in [1.82, 2.24) is 10.6 Å². The third-order valence-electron chi connectivity index (χ3n) is 3.60. The van der Waals surface area contributed by atoms with Crippen LogP contribution in [0.5, 0.6) is 0 Å². The van der Waals surface area contributed by atoms with Crippen LogP contribution in [0.3, 0.4) is 0 Å². The summed E-state index contributed by atoms with van der Waals surface area (Å²) in [5.74, 6) is -1.10. The lowest BCUT2D eigenvalue weighted by Crippen LogP contribution is -2.37. The maximum Gasteiger partial charge on any atom is 0.248 e. The maximum absolute atomic E-state index is 11.8. The van der Waals surface area contributed by atoms with Crippen molar-refractivity contribution in [2.45, 2.75) is 6.42 Å². The van der Waals surface area contributed by atoms with Crippen LogP contribution in [-0.4, -0.2) is 30.8 Å². The molecule has 6 heteroatoms. The molecule has 2 aromatic carbocycles. The molecule has 134 valence electrons. The van der Waals surface area contributed by atoms with Crippen molar-refractivity contribution in [2.24, 2.45) is 5.73 Å². The Morgan fingerprint density at radius 2 is 1.73 bits per heavy atom. The number of rotatable bonds is 8. The lowest BCUT2D eigenvalue weighted by molar-refractivity contribution is -0.123. The van der Waals surface area contributed by atoms with Crippen LogP contribution in [0.25, 0.3) is 6.08 Å². The zero-order valence-electron chi connectivity index (χ0n) is 14.3. The number of nitrogens with two attached hydrogens (primary N) is 1. The molecule has 6 nitrogen and oxygen atoms in total. The summed E-state index contributed by atoms with van der Waals surface area (Å²) in [5, 5.41) is 5.24. The van der Waals surface area contributed by atoms with Gasteiger partial charge in [0, 0.05) is 18.2 Å². The van der Waals surface area contributed by atoms with E-state index >= 15 is 0 Å². The van der Waals surface area contributed by atoms with E-state index in [-0.39, 0.29) is 18.4 Å². The van der Waals surface area contributed by atoms with E-state index in [1.165, 1.54) is 6.08 Å². The van der Waals surface area contributed by atoms with Crippen molar-refractivity contribution in [3.8, 4) is 0 Å². The minimum atomic E-state index is -0.484. The van der Waals surface area contributed by atoms with Crippen LogP contribution in [0.4, 0.5) is 0 Å². The molecule has 2 rings (SSSR count). The summed E-state index contributed by atoms with van der Waals surface area (Å²) in [6.07, 6.45) is 3.63. The van der Waals surface area contributed by atoms with Crippen LogP contribution < -0.4 is 16.4 Å². The first kappa shape index (κ1) is 18.9. The quantitative estimate of drug-likeness (QED) is 0.624. The normalized spacial score (nSPS) is 10.5. The Hall–Kier alpha value is -3.41. The summed E-state index contributed by atoms with van der Waals surface area (Å²) in [5.41, 5.74) is 7.48. The van der Waals surface area contributed by atoms with Crippen molar-refractivity contribution < 1.29 is 14.4 Å². The summed E-state index contributed by atoms with van der Waals surface area (Å²) in [6, 6.07) is 16.4. The number of carbonyl (C=O) groups excluding carboxylic acids is 3. The number of hydrogen-bond acceptors (Lipinski definition) is 3. The van der Waals surface area contributed by atoms with Crippen molar-refractivity contribution in [3.63, 3.8) is 0 Å². The second-order valence-electron chi connectivity index (χ2n) is 5.63. The molecule has 0 heterocycles. The first-order chi connectivity index (χ1) is 12.5. The van der Waals surface area contributed by atoms with Gasteiger partial charge in [0.1, 0.15) is 0 Å². The molecule has 0 aliphatic rings. The Morgan fingerprint density at radius 3 is 2.46 bits per heavy atom. The molecule has 0 radical (unpaired) electrons. The summed E-state index contributed by atoms with van der Waals surface area (Å²) in [7, 11) is 0. The van der Waals surface area contributed by atoms with E-state index in [1.807, 2.05) is 36.4 Å². The lowest BCUT2D eigenvalue weighted by Gasteiger charge is -2.06. The van der Waals surface area contributed by atoms with Gasteiger partial charge < -0.3 is 16.4 Å². The van der Waals surface area contributed by atoms with E-state index in [2.05, 4.69) is 10.6 Å². The molecule has 0 aliphatic carbocycles. The third kappa shape index (κ3) is 6.60. The topological polar surface area (TPSA) is 101 Å². The van der Waals surface area contributed by atoms with Crippen molar-refractivity contribution in [1.29, 1.82) is 0 Å². The first-order valence-corrected chi connectivity index (χ1v) is 8.21. The van der Waals surface area contributed by atoms with Gasteiger partial charge in [0.05, 0.1) is 6.54 Å². The molecule has 0 atom stereocenters. The number of amides is 3. The Bertz CT molecular complexity index is 801. The molecule has 0 bridgehead atoms. The zero-order valence-corrected chi connectivity index (χ0v) is 14.3. The van der Waals surface area contributed by atoms with Crippen LogP contribution in [0.15, 0.2) is 60.7 Å². The standard InChI is InChI=1S/C20H21N3O3/c21-20(26)17-8-4-7-16(13-17)11-12-22-19(25)14-23-18(24)10-9-15-5-2-1-3-6-15/h1-10,13H,11-12,14H2,(H2,21,26)(H,22,25)(H,23,24)/b10-9+. The Kier molecular flexibility index (Phi) is 7.12. The van der Waals surface area contributed by atoms with Crippen LogP contribution >= 0.6 is 0 Å². The predicted molar refractivity (Wildman–Crippen MR) is 100 cm³/mol. The van der Waals surface area contributed by atoms with Crippen molar-refractivity contribution >= 4 is 23.8 Å². The highest BCUT2D eigenvalue weighted by molar-refractivity contribution is 5.94. The molecule has 0 saturated heterocycles. The van der Waals surface area contributed by atoms with Crippen LogP contribution in [-0.2, 0) is 16.0 Å². The Morgan fingerprint density at radius 1 is 0.962 bits per heavy atom. The van der Waals surface area contributed by atoms with Gasteiger partial charge in [0.2, 0.25) is 17.7 Å². The molecule has 0 fully saturated rings. The zero-order chi connectivity index (χ0) is 18.8. The minimum absolute atomic E-state index is 0.0979. The molecule has 0 saturated carbocycles. The second kappa shape index (κ2) is 9.78. The summed E-state index contributed by atoms with van der Waals surface area (Å²) in [4.78, 5) is 34.6. The average Bonchev–Trinajstić information content (AvgIpc) is 2.66. The van der Waals surface area contributed by atoms with E-state index in [0.29, 0.717) is 18.5 Å². The molecule has 0 spiro atoms. The lowest BCUT2D eigenvalue weighted by atomic mass is 10.1. The molecule has 2 aromatic rings. The fourth-order valence-corrected chi connectivity index (χ4v) is 2.25. The largest absolute Gasteiger partial charge is 0.366 e. The molecule has 4 N–H and O–H groups in total. The summed E-state index contributed by atoms with van der Waals surface area (Å²) >= 11 is 0. The van der Waals surface area contributed by atoms with Crippen LogP contribution in [0, 0.1) is 0 Å². The van der Waals surface area contributed by atoms with E-state index in [4.69, 9.17) is 5.73 Å². The van der Waals surface area contributed by atoms with Gasteiger partial charge in [-0.2, -0.15) is 0 Å². The summed E-state index contributed by atoms with van der Waals surface area (Å²) in [6.45, 7) is 0.302. The van der Waals surface area contributed by atoms with E-state index < -0.39 is 5.91 Å². The number of hydrogen-bond donors (Lipinski definition) is 3. The molecular weight excluding hydrogens is 330 g/mol. The SMILES string of the molecule is NC(=O)c1cccc(CCNC(=O)CNC(=O)/C=C/c2ccccc2)c1. The van der Waals surface area contributed by atoms with E-state index in [0.717, 1.165) is 11.1 Å². The highest BCUT2D eigenvalue weighted by Crippen LogP contribution is 2.05. The maximum atomic E-state index is 11.8. The van der Waals surface area contributed by atoms with Gasteiger partial charge >= 0.3 is 0 Å². The van der Waals surface area contributed by atoms with E-state index in [1.54, 1.807) is 24.3 Å². The molecule has 26 heavy (non-hydrogen) atoms. The van der Waals surface area contributed by atoms with Crippen LogP contribution in [0.1, 0.15) is 21.5 Å². The van der Waals surface area contributed by atoms with Gasteiger partial charge in [-0.1, -0.05) is 42.5 Å². The smallest absolute Gasteiger partial charge is 0.248 e. The van der Waals surface area contributed by atoms with Gasteiger partial charge in [-0.25, -0.2) is 0 Å². The number of benzene rings is 2. The van der Waals surface area contributed by atoms with Gasteiger partial charge in [0.25, 0.3) is 0 Å².